The molecule has 0 amide bonds. The van der Waals surface area contributed by atoms with Gasteiger partial charge in [-0.2, -0.15) is 0 Å². The van der Waals surface area contributed by atoms with Gasteiger partial charge in [0.2, 0.25) is 0 Å². The molecule has 0 bridgehead atoms. The van der Waals surface area contributed by atoms with Crippen LogP contribution < -0.4 is 11.2 Å². The van der Waals surface area contributed by atoms with E-state index in [4.69, 9.17) is 0 Å². The Kier molecular flexibility index (Phi) is 2.82. The first-order chi connectivity index (χ1) is 8.09. The number of benzene rings is 1. The Morgan fingerprint density at radius 1 is 1.18 bits per heavy atom. The molecule has 0 unspecified atom stereocenters. The SMILES string of the molecule is Cn1c(O)cc(=O)n(Cc2ccccc2)c1=O. The maximum Gasteiger partial charge on any atom is 0.333 e. The molecule has 5 heteroatoms. The molecule has 0 aliphatic rings. The summed E-state index contributed by atoms with van der Waals surface area (Å²) in [5.41, 5.74) is -0.175. The fourth-order valence-electron chi connectivity index (χ4n) is 1.57. The van der Waals surface area contributed by atoms with Crippen molar-refractivity contribution in [1.29, 1.82) is 0 Å². The first kappa shape index (κ1) is 11.2. The molecule has 2 rings (SSSR count). The lowest BCUT2D eigenvalue weighted by Gasteiger charge is -2.07. The van der Waals surface area contributed by atoms with Crippen LogP contribution in [0.25, 0.3) is 0 Å². The molecular weight excluding hydrogens is 220 g/mol. The Balaban J connectivity index is 2.51. The Bertz CT molecular complexity index is 641. The van der Waals surface area contributed by atoms with Gasteiger partial charge in [-0.3, -0.25) is 13.9 Å². The van der Waals surface area contributed by atoms with Crippen molar-refractivity contribution in [3.63, 3.8) is 0 Å². The second kappa shape index (κ2) is 4.29. The van der Waals surface area contributed by atoms with Crippen LogP contribution in [-0.2, 0) is 13.6 Å². The minimum absolute atomic E-state index is 0.201. The summed E-state index contributed by atoms with van der Waals surface area (Å²) in [5.74, 6) is -0.329. The van der Waals surface area contributed by atoms with E-state index in [1.54, 1.807) is 0 Å². The van der Waals surface area contributed by atoms with E-state index < -0.39 is 11.2 Å². The van der Waals surface area contributed by atoms with Crippen molar-refractivity contribution in [3.05, 3.63) is 62.8 Å². The predicted molar refractivity (Wildman–Crippen MR) is 63.2 cm³/mol. The topological polar surface area (TPSA) is 64.2 Å². The zero-order valence-corrected chi connectivity index (χ0v) is 9.33. The number of hydrogen-bond acceptors (Lipinski definition) is 3. The lowest BCUT2D eigenvalue weighted by molar-refractivity contribution is 0.409. The second-order valence-electron chi connectivity index (χ2n) is 3.75. The monoisotopic (exact) mass is 232 g/mol. The van der Waals surface area contributed by atoms with Crippen LogP contribution in [0, 0.1) is 0 Å². The summed E-state index contributed by atoms with van der Waals surface area (Å²) in [6.07, 6.45) is 0. The highest BCUT2D eigenvalue weighted by atomic mass is 16.3. The van der Waals surface area contributed by atoms with Crippen molar-refractivity contribution < 1.29 is 5.11 Å². The predicted octanol–water partition coefficient (Wildman–Crippen LogP) is 0.301. The molecule has 0 saturated carbocycles. The Morgan fingerprint density at radius 3 is 2.47 bits per heavy atom. The highest BCUT2D eigenvalue weighted by molar-refractivity contribution is 5.16. The largest absolute Gasteiger partial charge is 0.494 e. The Hall–Kier alpha value is -2.30. The van der Waals surface area contributed by atoms with Crippen molar-refractivity contribution in [2.75, 3.05) is 0 Å². The van der Waals surface area contributed by atoms with Crippen molar-refractivity contribution >= 4 is 0 Å². The van der Waals surface area contributed by atoms with Gasteiger partial charge < -0.3 is 5.11 Å². The van der Waals surface area contributed by atoms with E-state index in [0.29, 0.717) is 0 Å². The van der Waals surface area contributed by atoms with Crippen molar-refractivity contribution in [1.82, 2.24) is 9.13 Å². The molecule has 1 aromatic heterocycles. The zero-order valence-electron chi connectivity index (χ0n) is 9.33. The molecule has 0 aliphatic heterocycles. The summed E-state index contributed by atoms with van der Waals surface area (Å²) in [7, 11) is 1.42. The lowest BCUT2D eigenvalue weighted by Crippen LogP contribution is -2.38. The van der Waals surface area contributed by atoms with E-state index >= 15 is 0 Å². The molecule has 0 radical (unpaired) electrons. The van der Waals surface area contributed by atoms with Gasteiger partial charge in [-0.05, 0) is 5.56 Å². The molecule has 0 atom stereocenters. The molecule has 0 aliphatic carbocycles. The molecule has 0 saturated heterocycles. The summed E-state index contributed by atoms with van der Waals surface area (Å²) >= 11 is 0. The molecule has 88 valence electrons. The van der Waals surface area contributed by atoms with Gasteiger partial charge in [0.25, 0.3) is 5.56 Å². The smallest absolute Gasteiger partial charge is 0.333 e. The molecule has 5 nitrogen and oxygen atoms in total. The summed E-state index contributed by atoms with van der Waals surface area (Å²) in [4.78, 5) is 23.4. The van der Waals surface area contributed by atoms with Crippen LogP contribution in [0.2, 0.25) is 0 Å². The molecule has 0 spiro atoms. The summed E-state index contributed by atoms with van der Waals surface area (Å²) in [6, 6.07) is 10.2. The third kappa shape index (κ3) is 2.13. The average Bonchev–Trinajstić information content (AvgIpc) is 2.33. The quantitative estimate of drug-likeness (QED) is 0.810. The van der Waals surface area contributed by atoms with E-state index in [9.17, 15) is 14.7 Å². The summed E-state index contributed by atoms with van der Waals surface area (Å²) < 4.78 is 2.11. The number of rotatable bonds is 2. The summed E-state index contributed by atoms with van der Waals surface area (Å²) in [6.45, 7) is 0.201. The van der Waals surface area contributed by atoms with Crippen molar-refractivity contribution in [2.24, 2.45) is 7.05 Å². The fourth-order valence-corrected chi connectivity index (χ4v) is 1.57. The van der Waals surface area contributed by atoms with Gasteiger partial charge in [0, 0.05) is 7.05 Å². The maximum absolute atomic E-state index is 11.8. The van der Waals surface area contributed by atoms with Gasteiger partial charge in [-0.1, -0.05) is 30.3 Å². The highest BCUT2D eigenvalue weighted by Crippen LogP contribution is 2.01. The van der Waals surface area contributed by atoms with E-state index in [1.165, 1.54) is 7.05 Å². The molecular formula is C12H12N2O3. The van der Waals surface area contributed by atoms with Crippen LogP contribution in [0.15, 0.2) is 46.0 Å². The molecule has 1 aromatic carbocycles. The molecule has 17 heavy (non-hydrogen) atoms. The van der Waals surface area contributed by atoms with E-state index in [-0.39, 0.29) is 12.4 Å². The van der Waals surface area contributed by atoms with E-state index in [1.807, 2.05) is 30.3 Å². The van der Waals surface area contributed by atoms with Crippen LogP contribution in [-0.4, -0.2) is 14.2 Å². The fraction of sp³-hybridized carbons (Fsp3) is 0.167. The van der Waals surface area contributed by atoms with Gasteiger partial charge in [-0.25, -0.2) is 4.79 Å². The van der Waals surface area contributed by atoms with Crippen molar-refractivity contribution in [2.45, 2.75) is 6.54 Å². The van der Waals surface area contributed by atoms with E-state index in [0.717, 1.165) is 20.8 Å². The van der Waals surface area contributed by atoms with Crippen LogP contribution in [0.3, 0.4) is 0 Å². The van der Waals surface area contributed by atoms with Gasteiger partial charge in [0.05, 0.1) is 12.6 Å². The minimum atomic E-state index is -0.529. The minimum Gasteiger partial charge on any atom is -0.494 e. The first-order valence-electron chi connectivity index (χ1n) is 5.13. The number of hydrogen-bond donors (Lipinski definition) is 1. The van der Waals surface area contributed by atoms with Gasteiger partial charge >= 0.3 is 5.69 Å². The molecule has 2 aromatic rings. The van der Waals surface area contributed by atoms with Gasteiger partial charge in [0.1, 0.15) is 0 Å². The Labute approximate surface area is 97.2 Å². The number of aromatic hydroxyl groups is 1. The second-order valence-corrected chi connectivity index (χ2v) is 3.75. The number of aromatic nitrogens is 2. The Morgan fingerprint density at radius 2 is 1.82 bits per heavy atom. The van der Waals surface area contributed by atoms with Crippen LogP contribution >= 0.6 is 0 Å². The van der Waals surface area contributed by atoms with E-state index in [2.05, 4.69) is 0 Å². The van der Waals surface area contributed by atoms with Crippen molar-refractivity contribution in [3.8, 4) is 5.88 Å². The first-order valence-corrected chi connectivity index (χ1v) is 5.13. The highest BCUT2D eigenvalue weighted by Gasteiger charge is 2.07. The lowest BCUT2D eigenvalue weighted by atomic mass is 10.2. The third-order valence-electron chi connectivity index (χ3n) is 2.56. The maximum atomic E-state index is 11.8. The zero-order chi connectivity index (χ0) is 12.4. The normalized spacial score (nSPS) is 10.4. The standard InChI is InChI=1S/C12H12N2O3/c1-13-10(15)7-11(16)14(12(13)17)8-9-5-3-2-4-6-9/h2-7,15H,8H2,1H3. The van der Waals surface area contributed by atoms with Crippen LogP contribution in [0.1, 0.15) is 5.56 Å². The van der Waals surface area contributed by atoms with Crippen LogP contribution in [0.4, 0.5) is 0 Å². The molecule has 1 N–H and O–H groups in total. The number of nitrogens with zero attached hydrogens (tertiary/aromatic N) is 2. The third-order valence-corrected chi connectivity index (χ3v) is 2.56. The van der Waals surface area contributed by atoms with Gasteiger partial charge in [0.15, 0.2) is 5.88 Å². The molecule has 1 heterocycles. The molecule has 0 fully saturated rings. The van der Waals surface area contributed by atoms with Gasteiger partial charge in [-0.15, -0.1) is 0 Å². The van der Waals surface area contributed by atoms with Crippen LogP contribution in [0.5, 0.6) is 5.88 Å². The summed E-state index contributed by atoms with van der Waals surface area (Å²) in [5, 5.41) is 9.32. The average molecular weight is 232 g/mol.